The fraction of sp³-hybridized carbons (Fsp3) is 0.467. The number of fused-ring (bicyclic) bond motifs is 1. The van der Waals surface area contributed by atoms with Gasteiger partial charge in [0.1, 0.15) is 18.4 Å². The highest BCUT2D eigenvalue weighted by molar-refractivity contribution is 6.07. The molecule has 0 spiro atoms. The van der Waals surface area contributed by atoms with Crippen molar-refractivity contribution in [3.05, 3.63) is 29.6 Å². The van der Waals surface area contributed by atoms with E-state index < -0.39 is 11.9 Å². The number of rotatable bonds is 1. The molecular weight excluding hydrogens is 259 g/mol. The van der Waals surface area contributed by atoms with Crippen LogP contribution in [0, 0.1) is 12.7 Å². The Morgan fingerprint density at radius 3 is 2.80 bits per heavy atom. The summed E-state index contributed by atoms with van der Waals surface area (Å²) in [5.41, 5.74) is 0.923. The molecule has 0 saturated carbocycles. The third-order valence-corrected chi connectivity index (χ3v) is 4.13. The monoisotopic (exact) mass is 276 g/mol. The molecule has 0 N–H and O–H groups in total. The molecule has 1 unspecified atom stereocenters. The van der Waals surface area contributed by atoms with E-state index in [1.54, 1.807) is 24.0 Å². The van der Waals surface area contributed by atoms with Gasteiger partial charge in [0.2, 0.25) is 11.8 Å². The number of amides is 2. The number of anilines is 1. The Morgan fingerprint density at radius 1 is 1.25 bits per heavy atom. The summed E-state index contributed by atoms with van der Waals surface area (Å²) in [4.78, 5) is 27.7. The number of para-hydroxylation sites is 1. The van der Waals surface area contributed by atoms with Gasteiger partial charge in [-0.05, 0) is 37.8 Å². The van der Waals surface area contributed by atoms with Crippen molar-refractivity contribution in [1.82, 2.24) is 4.90 Å². The molecule has 0 aromatic heterocycles. The molecule has 0 bridgehead atoms. The van der Waals surface area contributed by atoms with E-state index in [4.69, 9.17) is 0 Å². The Bertz CT molecular complexity index is 553. The Morgan fingerprint density at radius 2 is 2.05 bits per heavy atom. The van der Waals surface area contributed by atoms with Crippen LogP contribution in [-0.4, -0.2) is 35.8 Å². The average Bonchev–Trinajstić information content (AvgIpc) is 2.44. The molecule has 5 heteroatoms. The quantitative estimate of drug-likeness (QED) is 0.785. The molecule has 0 aliphatic carbocycles. The van der Waals surface area contributed by atoms with Gasteiger partial charge in [0.15, 0.2) is 0 Å². The van der Waals surface area contributed by atoms with E-state index in [0.29, 0.717) is 18.5 Å². The van der Waals surface area contributed by atoms with Crippen LogP contribution in [0.2, 0.25) is 0 Å². The molecule has 2 aliphatic rings. The van der Waals surface area contributed by atoms with Gasteiger partial charge < -0.3 is 4.90 Å². The fourth-order valence-electron chi connectivity index (χ4n) is 3.12. The first-order valence-corrected chi connectivity index (χ1v) is 6.95. The number of piperazine rings is 1. The van der Waals surface area contributed by atoms with Gasteiger partial charge in [-0.2, -0.15) is 0 Å². The van der Waals surface area contributed by atoms with Gasteiger partial charge in [0.25, 0.3) is 0 Å². The lowest BCUT2D eigenvalue weighted by Crippen LogP contribution is -2.61. The van der Waals surface area contributed by atoms with Gasteiger partial charge in [-0.3, -0.25) is 14.5 Å². The van der Waals surface area contributed by atoms with Gasteiger partial charge in [-0.15, -0.1) is 0 Å². The van der Waals surface area contributed by atoms with E-state index in [-0.39, 0.29) is 24.0 Å². The first kappa shape index (κ1) is 13.1. The number of nitrogens with zero attached hydrogens (tertiary/aromatic N) is 2. The number of benzene rings is 1. The summed E-state index contributed by atoms with van der Waals surface area (Å²) in [6, 6.07) is 4.28. The van der Waals surface area contributed by atoms with Crippen LogP contribution in [0.25, 0.3) is 0 Å². The van der Waals surface area contributed by atoms with Crippen molar-refractivity contribution in [1.29, 1.82) is 0 Å². The molecule has 1 aromatic carbocycles. The topological polar surface area (TPSA) is 40.6 Å². The number of aryl methyl sites for hydroxylation is 1. The van der Waals surface area contributed by atoms with Crippen LogP contribution < -0.4 is 4.90 Å². The first-order chi connectivity index (χ1) is 9.59. The number of piperidine rings is 1. The molecule has 1 aromatic rings. The number of halogens is 1. The lowest BCUT2D eigenvalue weighted by atomic mass is 9.97. The number of hydrogen-bond acceptors (Lipinski definition) is 2. The molecule has 106 valence electrons. The predicted octanol–water partition coefficient (Wildman–Crippen LogP) is 1.86. The molecule has 2 fully saturated rings. The Kier molecular flexibility index (Phi) is 3.20. The van der Waals surface area contributed by atoms with Crippen LogP contribution in [-0.2, 0) is 9.59 Å². The normalized spacial score (nSPS) is 23.0. The maximum Gasteiger partial charge on any atom is 0.250 e. The van der Waals surface area contributed by atoms with Crippen LogP contribution >= 0.6 is 0 Å². The maximum absolute atomic E-state index is 14.0. The van der Waals surface area contributed by atoms with E-state index in [1.807, 2.05) is 0 Å². The number of hydrogen-bond donors (Lipinski definition) is 0. The van der Waals surface area contributed by atoms with Crippen LogP contribution in [0.1, 0.15) is 24.8 Å². The van der Waals surface area contributed by atoms with Crippen molar-refractivity contribution in [2.45, 2.75) is 32.2 Å². The van der Waals surface area contributed by atoms with Crippen LogP contribution in [0.5, 0.6) is 0 Å². The second-order valence-corrected chi connectivity index (χ2v) is 5.43. The highest BCUT2D eigenvalue weighted by atomic mass is 19.1. The lowest BCUT2D eigenvalue weighted by molar-refractivity contribution is -0.144. The smallest absolute Gasteiger partial charge is 0.250 e. The summed E-state index contributed by atoms with van der Waals surface area (Å²) in [5, 5.41) is 0. The van der Waals surface area contributed by atoms with Crippen molar-refractivity contribution >= 4 is 17.5 Å². The van der Waals surface area contributed by atoms with Crippen molar-refractivity contribution < 1.29 is 14.0 Å². The summed E-state index contributed by atoms with van der Waals surface area (Å²) in [5.74, 6) is -0.690. The second kappa shape index (κ2) is 4.89. The minimum Gasteiger partial charge on any atom is -0.329 e. The summed E-state index contributed by atoms with van der Waals surface area (Å²) in [6.07, 6.45) is 2.55. The predicted molar refractivity (Wildman–Crippen MR) is 72.8 cm³/mol. The molecule has 0 radical (unpaired) electrons. The standard InChI is InChI=1S/C15H17FN2O2/c1-10-5-4-6-11(16)14(10)18-9-13(19)17-8-3-2-7-12(17)15(18)20/h4-6,12H,2-3,7-9H2,1H3. The zero-order valence-electron chi connectivity index (χ0n) is 11.4. The molecule has 4 nitrogen and oxygen atoms in total. The van der Waals surface area contributed by atoms with Crippen molar-refractivity contribution in [2.24, 2.45) is 0 Å². The molecule has 2 heterocycles. The Balaban J connectivity index is 1.98. The van der Waals surface area contributed by atoms with Gasteiger partial charge in [0.05, 0.1) is 5.69 Å². The van der Waals surface area contributed by atoms with Crippen molar-refractivity contribution in [2.75, 3.05) is 18.0 Å². The summed E-state index contributed by atoms with van der Waals surface area (Å²) < 4.78 is 14.0. The lowest BCUT2D eigenvalue weighted by Gasteiger charge is -2.43. The molecule has 20 heavy (non-hydrogen) atoms. The highest BCUT2D eigenvalue weighted by Crippen LogP contribution is 2.30. The fourth-order valence-corrected chi connectivity index (χ4v) is 3.12. The van der Waals surface area contributed by atoms with Gasteiger partial charge >= 0.3 is 0 Å². The minimum absolute atomic E-state index is 0.0584. The van der Waals surface area contributed by atoms with Crippen LogP contribution in [0.15, 0.2) is 18.2 Å². The average molecular weight is 276 g/mol. The molecule has 2 saturated heterocycles. The van der Waals surface area contributed by atoms with E-state index in [0.717, 1.165) is 12.8 Å². The summed E-state index contributed by atoms with van der Waals surface area (Å²) in [6.45, 7) is 2.33. The zero-order chi connectivity index (χ0) is 14.3. The molecule has 2 amide bonds. The first-order valence-electron chi connectivity index (χ1n) is 6.95. The van der Waals surface area contributed by atoms with Gasteiger partial charge in [0, 0.05) is 6.54 Å². The maximum atomic E-state index is 14.0. The largest absolute Gasteiger partial charge is 0.329 e. The van der Waals surface area contributed by atoms with Crippen LogP contribution in [0.3, 0.4) is 0 Å². The summed E-state index contributed by atoms with van der Waals surface area (Å²) in [7, 11) is 0. The van der Waals surface area contributed by atoms with Crippen molar-refractivity contribution in [3.63, 3.8) is 0 Å². The Labute approximate surface area is 117 Å². The minimum atomic E-state index is -0.449. The van der Waals surface area contributed by atoms with Crippen LogP contribution in [0.4, 0.5) is 10.1 Å². The van der Waals surface area contributed by atoms with E-state index in [9.17, 15) is 14.0 Å². The van der Waals surface area contributed by atoms with Gasteiger partial charge in [-0.1, -0.05) is 12.1 Å². The highest BCUT2D eigenvalue weighted by Gasteiger charge is 2.41. The van der Waals surface area contributed by atoms with Crippen molar-refractivity contribution in [3.8, 4) is 0 Å². The number of carbonyl (C=O) groups excluding carboxylic acids is 2. The molecular formula is C15H17FN2O2. The molecule has 1 atom stereocenters. The summed E-state index contributed by atoms with van der Waals surface area (Å²) >= 11 is 0. The zero-order valence-corrected chi connectivity index (χ0v) is 11.4. The Hall–Kier alpha value is -1.91. The van der Waals surface area contributed by atoms with E-state index in [1.165, 1.54) is 11.0 Å². The van der Waals surface area contributed by atoms with E-state index >= 15 is 0 Å². The second-order valence-electron chi connectivity index (χ2n) is 5.43. The van der Waals surface area contributed by atoms with Gasteiger partial charge in [-0.25, -0.2) is 4.39 Å². The molecule has 2 aliphatic heterocycles. The third kappa shape index (κ3) is 1.97. The van der Waals surface area contributed by atoms with E-state index in [2.05, 4.69) is 0 Å². The molecule has 3 rings (SSSR count). The third-order valence-electron chi connectivity index (χ3n) is 4.13. The number of carbonyl (C=O) groups is 2. The SMILES string of the molecule is Cc1cccc(F)c1N1CC(=O)N2CCCCC2C1=O.